The lowest BCUT2D eigenvalue weighted by molar-refractivity contribution is -0.139. The fourth-order valence-corrected chi connectivity index (χ4v) is 1.29. The van der Waals surface area contributed by atoms with Crippen molar-refractivity contribution in [2.45, 2.75) is 52.1 Å². The molecule has 0 spiro atoms. The van der Waals surface area contributed by atoms with E-state index < -0.39 is 17.9 Å². The molecule has 0 aliphatic rings. The lowest BCUT2D eigenvalue weighted by Crippen LogP contribution is -2.45. The van der Waals surface area contributed by atoms with Crippen LogP contribution in [0.2, 0.25) is 0 Å². The number of nitrogens with one attached hydrogen (secondary N) is 1. The molecular weight excluding hydrogens is 208 g/mol. The number of nitrogens with two attached hydrogens (primary N) is 1. The molecule has 4 N–H and O–H groups in total. The molecule has 0 bridgehead atoms. The van der Waals surface area contributed by atoms with Gasteiger partial charge in [0, 0.05) is 6.04 Å². The van der Waals surface area contributed by atoms with Crippen molar-refractivity contribution >= 4 is 11.9 Å². The van der Waals surface area contributed by atoms with Crippen LogP contribution in [0.5, 0.6) is 0 Å². The molecule has 0 aliphatic carbocycles. The van der Waals surface area contributed by atoms with Crippen molar-refractivity contribution in [3.8, 4) is 0 Å². The summed E-state index contributed by atoms with van der Waals surface area (Å²) in [6, 6.07) is -0.922. The Balaban J connectivity index is 3.89. The highest BCUT2D eigenvalue weighted by Gasteiger charge is 2.18. The highest BCUT2D eigenvalue weighted by atomic mass is 16.4. The second-order valence-electron chi connectivity index (χ2n) is 4.59. The zero-order valence-corrected chi connectivity index (χ0v) is 10.2. The molecule has 0 saturated carbocycles. The lowest BCUT2D eigenvalue weighted by Gasteiger charge is -2.17. The van der Waals surface area contributed by atoms with Crippen molar-refractivity contribution in [1.29, 1.82) is 0 Å². The summed E-state index contributed by atoms with van der Waals surface area (Å²) in [6.45, 7) is 6.13. The van der Waals surface area contributed by atoms with Gasteiger partial charge in [-0.05, 0) is 25.7 Å². The molecule has 0 aromatic carbocycles. The largest absolute Gasteiger partial charge is 0.481 e. The van der Waals surface area contributed by atoms with Crippen LogP contribution in [-0.2, 0) is 9.59 Å². The Morgan fingerprint density at radius 1 is 1.25 bits per heavy atom. The molecule has 16 heavy (non-hydrogen) atoms. The maximum atomic E-state index is 11.4. The Morgan fingerprint density at radius 3 is 2.25 bits per heavy atom. The molecule has 5 heteroatoms. The van der Waals surface area contributed by atoms with E-state index in [1.165, 1.54) is 0 Å². The zero-order valence-electron chi connectivity index (χ0n) is 10.2. The van der Waals surface area contributed by atoms with Crippen LogP contribution in [0.4, 0.5) is 0 Å². The topological polar surface area (TPSA) is 92.4 Å². The Bertz CT molecular complexity index is 241. The number of rotatable bonds is 7. The highest BCUT2D eigenvalue weighted by molar-refractivity contribution is 5.86. The molecule has 0 aromatic rings. The standard InChI is InChI=1S/C11H22N2O3/c1-7(2)4-5-8(3)13-11(16)9(12)6-10(14)15/h7-9H,4-6,12H2,1-3H3,(H,13,16)(H,14,15)/t8?,9-/m1/s1. The van der Waals surface area contributed by atoms with Crippen LogP contribution in [0.15, 0.2) is 0 Å². The van der Waals surface area contributed by atoms with Crippen LogP contribution in [0.3, 0.4) is 0 Å². The Morgan fingerprint density at radius 2 is 1.81 bits per heavy atom. The third kappa shape index (κ3) is 7.23. The van der Waals surface area contributed by atoms with E-state index in [1.807, 2.05) is 6.92 Å². The molecule has 0 aliphatic heterocycles. The minimum atomic E-state index is -1.06. The van der Waals surface area contributed by atoms with E-state index in [0.29, 0.717) is 5.92 Å². The summed E-state index contributed by atoms with van der Waals surface area (Å²) in [4.78, 5) is 21.8. The van der Waals surface area contributed by atoms with E-state index in [0.717, 1.165) is 12.8 Å². The first kappa shape index (κ1) is 14.9. The summed E-state index contributed by atoms with van der Waals surface area (Å²) in [6.07, 6.45) is 1.57. The van der Waals surface area contributed by atoms with Crippen molar-refractivity contribution in [2.24, 2.45) is 11.7 Å². The van der Waals surface area contributed by atoms with Gasteiger partial charge in [0.2, 0.25) is 5.91 Å². The zero-order chi connectivity index (χ0) is 12.7. The molecule has 2 atom stereocenters. The molecule has 94 valence electrons. The smallest absolute Gasteiger partial charge is 0.305 e. The second kappa shape index (κ2) is 7.22. The fraction of sp³-hybridized carbons (Fsp3) is 0.818. The molecule has 0 rings (SSSR count). The number of hydrogen-bond donors (Lipinski definition) is 3. The van der Waals surface area contributed by atoms with Crippen LogP contribution >= 0.6 is 0 Å². The number of carbonyl (C=O) groups is 2. The maximum absolute atomic E-state index is 11.4. The van der Waals surface area contributed by atoms with Crippen LogP contribution in [0.1, 0.15) is 40.0 Å². The summed E-state index contributed by atoms with van der Waals surface area (Å²) >= 11 is 0. The van der Waals surface area contributed by atoms with Gasteiger partial charge >= 0.3 is 5.97 Å². The second-order valence-corrected chi connectivity index (χ2v) is 4.59. The van der Waals surface area contributed by atoms with E-state index in [2.05, 4.69) is 19.2 Å². The molecule has 5 nitrogen and oxygen atoms in total. The molecule has 0 radical (unpaired) electrons. The van der Waals surface area contributed by atoms with Crippen molar-refractivity contribution < 1.29 is 14.7 Å². The number of carbonyl (C=O) groups excluding carboxylic acids is 1. The summed E-state index contributed by atoms with van der Waals surface area (Å²) in [5.41, 5.74) is 5.43. The van der Waals surface area contributed by atoms with Gasteiger partial charge in [0.05, 0.1) is 12.5 Å². The molecule has 0 saturated heterocycles. The quantitative estimate of drug-likeness (QED) is 0.601. The van der Waals surface area contributed by atoms with Gasteiger partial charge < -0.3 is 16.2 Å². The van der Waals surface area contributed by atoms with Crippen LogP contribution < -0.4 is 11.1 Å². The maximum Gasteiger partial charge on any atom is 0.305 e. The first-order valence-electron chi connectivity index (χ1n) is 5.60. The molecule has 1 unspecified atom stereocenters. The van der Waals surface area contributed by atoms with Gasteiger partial charge in [0.15, 0.2) is 0 Å². The fourth-order valence-electron chi connectivity index (χ4n) is 1.29. The minimum Gasteiger partial charge on any atom is -0.481 e. The number of aliphatic carboxylic acids is 1. The molecule has 0 heterocycles. The lowest BCUT2D eigenvalue weighted by atomic mass is 10.0. The molecule has 1 amide bonds. The molecular formula is C11H22N2O3. The van der Waals surface area contributed by atoms with Gasteiger partial charge in [0.1, 0.15) is 0 Å². The van der Waals surface area contributed by atoms with E-state index >= 15 is 0 Å². The van der Waals surface area contributed by atoms with E-state index in [9.17, 15) is 9.59 Å². The van der Waals surface area contributed by atoms with Gasteiger partial charge in [0.25, 0.3) is 0 Å². The Labute approximate surface area is 96.4 Å². The highest BCUT2D eigenvalue weighted by Crippen LogP contribution is 2.06. The first-order valence-corrected chi connectivity index (χ1v) is 5.60. The number of amides is 1. The average molecular weight is 230 g/mol. The predicted octanol–water partition coefficient (Wildman–Crippen LogP) is 0.729. The third-order valence-electron chi connectivity index (χ3n) is 2.30. The van der Waals surface area contributed by atoms with Crippen molar-refractivity contribution in [2.75, 3.05) is 0 Å². The summed E-state index contributed by atoms with van der Waals surface area (Å²) in [7, 11) is 0. The minimum absolute atomic E-state index is 0.0368. The van der Waals surface area contributed by atoms with Gasteiger partial charge in [-0.25, -0.2) is 0 Å². The van der Waals surface area contributed by atoms with Gasteiger partial charge in [-0.3, -0.25) is 9.59 Å². The molecule has 0 fully saturated rings. The van der Waals surface area contributed by atoms with Gasteiger partial charge in [-0.2, -0.15) is 0 Å². The summed E-state index contributed by atoms with van der Waals surface area (Å²) in [5.74, 6) is -0.858. The number of hydrogen-bond acceptors (Lipinski definition) is 3. The monoisotopic (exact) mass is 230 g/mol. The Kier molecular flexibility index (Phi) is 6.72. The summed E-state index contributed by atoms with van der Waals surface area (Å²) in [5, 5.41) is 11.2. The van der Waals surface area contributed by atoms with Gasteiger partial charge in [-0.15, -0.1) is 0 Å². The number of carboxylic acid groups (broad SMARTS) is 1. The van der Waals surface area contributed by atoms with Crippen molar-refractivity contribution in [1.82, 2.24) is 5.32 Å². The van der Waals surface area contributed by atoms with Gasteiger partial charge in [-0.1, -0.05) is 13.8 Å². The third-order valence-corrected chi connectivity index (χ3v) is 2.30. The van der Waals surface area contributed by atoms with Crippen LogP contribution in [0, 0.1) is 5.92 Å². The van der Waals surface area contributed by atoms with Crippen LogP contribution in [0.25, 0.3) is 0 Å². The van der Waals surface area contributed by atoms with Crippen molar-refractivity contribution in [3.05, 3.63) is 0 Å². The Hall–Kier alpha value is -1.10. The van der Waals surface area contributed by atoms with E-state index in [-0.39, 0.29) is 12.5 Å². The van der Waals surface area contributed by atoms with E-state index in [4.69, 9.17) is 10.8 Å². The average Bonchev–Trinajstić information content (AvgIpc) is 2.13. The van der Waals surface area contributed by atoms with Crippen LogP contribution in [-0.4, -0.2) is 29.1 Å². The normalized spacial score (nSPS) is 14.6. The SMILES string of the molecule is CC(C)CCC(C)NC(=O)[C@H](N)CC(=O)O. The summed E-state index contributed by atoms with van der Waals surface area (Å²) < 4.78 is 0. The van der Waals surface area contributed by atoms with Crippen molar-refractivity contribution in [3.63, 3.8) is 0 Å². The van der Waals surface area contributed by atoms with E-state index in [1.54, 1.807) is 0 Å². The first-order chi connectivity index (χ1) is 7.32. The predicted molar refractivity (Wildman–Crippen MR) is 61.9 cm³/mol. The molecule has 0 aromatic heterocycles. The number of carboxylic acids is 1.